The van der Waals surface area contributed by atoms with Gasteiger partial charge < -0.3 is 4.74 Å². The molecule has 0 spiro atoms. The van der Waals surface area contributed by atoms with E-state index in [1.807, 2.05) is 0 Å². The lowest BCUT2D eigenvalue weighted by molar-refractivity contribution is 0.420. The van der Waals surface area contributed by atoms with Crippen molar-refractivity contribution in [1.29, 1.82) is 0 Å². The molecule has 0 aliphatic rings. The number of methoxy groups -OCH3 is 1. The molecule has 102 valence electrons. The van der Waals surface area contributed by atoms with Crippen molar-refractivity contribution in [3.63, 3.8) is 0 Å². The Bertz CT molecular complexity index is 771. The van der Waals surface area contributed by atoms with Gasteiger partial charge in [0.25, 0.3) is 0 Å². The maximum absolute atomic E-state index is 5.61. The van der Waals surface area contributed by atoms with Crippen molar-refractivity contribution < 1.29 is 4.74 Å². The first-order chi connectivity index (χ1) is 9.76. The van der Waals surface area contributed by atoms with Crippen molar-refractivity contribution in [2.24, 2.45) is 0 Å². The van der Waals surface area contributed by atoms with Crippen LogP contribution in [0.25, 0.3) is 21.5 Å². The van der Waals surface area contributed by atoms with Crippen LogP contribution < -0.4 is 4.74 Å². The van der Waals surface area contributed by atoms with Crippen molar-refractivity contribution >= 4 is 21.5 Å². The highest BCUT2D eigenvalue weighted by atomic mass is 16.5. The molecule has 0 saturated heterocycles. The Morgan fingerprint density at radius 2 is 1.40 bits per heavy atom. The molecule has 0 aromatic heterocycles. The third-order valence-electron chi connectivity index (χ3n) is 4.08. The molecule has 1 heteroatoms. The highest BCUT2D eigenvalue weighted by molar-refractivity contribution is 6.10. The molecule has 0 aliphatic heterocycles. The van der Waals surface area contributed by atoms with Gasteiger partial charge in [0.2, 0.25) is 0 Å². The van der Waals surface area contributed by atoms with Gasteiger partial charge in [0, 0.05) is 5.39 Å². The fourth-order valence-electron chi connectivity index (χ4n) is 2.83. The quantitative estimate of drug-likeness (QED) is 0.596. The molecular weight excluding hydrogens is 244 g/mol. The Balaban J connectivity index is 2.40. The molecule has 3 aromatic rings. The zero-order valence-corrected chi connectivity index (χ0v) is 12.4. The van der Waals surface area contributed by atoms with E-state index in [0.29, 0.717) is 0 Å². The molecule has 1 nitrogen and oxygen atoms in total. The van der Waals surface area contributed by atoms with Crippen LogP contribution in [0.15, 0.2) is 42.5 Å². The van der Waals surface area contributed by atoms with Crippen molar-refractivity contribution in [2.75, 3.05) is 7.11 Å². The highest BCUT2D eigenvalue weighted by Crippen LogP contribution is 2.34. The van der Waals surface area contributed by atoms with E-state index in [-0.39, 0.29) is 0 Å². The van der Waals surface area contributed by atoms with Gasteiger partial charge in [-0.25, -0.2) is 0 Å². The summed E-state index contributed by atoms with van der Waals surface area (Å²) < 4.78 is 5.61. The van der Waals surface area contributed by atoms with E-state index >= 15 is 0 Å². The summed E-state index contributed by atoms with van der Waals surface area (Å²) in [5.74, 6) is 0.969. The molecule has 0 atom stereocenters. The maximum Gasteiger partial charge on any atom is 0.127 e. The number of rotatable bonds is 3. The molecule has 0 heterocycles. The predicted octanol–water partition coefficient (Wildman–Crippen LogP) is 5.13. The summed E-state index contributed by atoms with van der Waals surface area (Å²) in [6.45, 7) is 4.37. The first-order valence-electron chi connectivity index (χ1n) is 7.29. The van der Waals surface area contributed by atoms with Gasteiger partial charge in [-0.05, 0) is 52.3 Å². The summed E-state index contributed by atoms with van der Waals surface area (Å²) in [7, 11) is 1.75. The Kier molecular flexibility index (Phi) is 3.35. The molecule has 0 radical (unpaired) electrons. The maximum atomic E-state index is 5.61. The van der Waals surface area contributed by atoms with Crippen LogP contribution in [0.1, 0.15) is 25.0 Å². The van der Waals surface area contributed by atoms with Crippen LogP contribution in [0, 0.1) is 0 Å². The summed E-state index contributed by atoms with van der Waals surface area (Å²) in [5, 5.41) is 5.06. The minimum absolute atomic E-state index is 0.969. The largest absolute Gasteiger partial charge is 0.496 e. The number of hydrogen-bond acceptors (Lipinski definition) is 1. The molecule has 0 bridgehead atoms. The standard InChI is InChI=1S/C19H20O/c1-4-13-6-8-16-15(10-13)12-19(20-3)18-11-14(5-2)7-9-17(16)18/h6-12H,4-5H2,1-3H3. The minimum atomic E-state index is 0.969. The number of aryl methyl sites for hydroxylation is 2. The lowest BCUT2D eigenvalue weighted by atomic mass is 9.97. The molecule has 0 aliphatic carbocycles. The summed E-state index contributed by atoms with van der Waals surface area (Å²) in [5.41, 5.74) is 2.71. The topological polar surface area (TPSA) is 9.23 Å². The normalized spacial score (nSPS) is 11.2. The third kappa shape index (κ3) is 2.03. The van der Waals surface area contributed by atoms with E-state index in [1.165, 1.54) is 32.7 Å². The smallest absolute Gasteiger partial charge is 0.127 e. The van der Waals surface area contributed by atoms with Crippen molar-refractivity contribution in [2.45, 2.75) is 26.7 Å². The van der Waals surface area contributed by atoms with Gasteiger partial charge >= 0.3 is 0 Å². The van der Waals surface area contributed by atoms with E-state index in [4.69, 9.17) is 4.74 Å². The van der Waals surface area contributed by atoms with Crippen molar-refractivity contribution in [3.05, 3.63) is 53.6 Å². The highest BCUT2D eigenvalue weighted by Gasteiger charge is 2.08. The fourth-order valence-corrected chi connectivity index (χ4v) is 2.83. The second-order valence-electron chi connectivity index (χ2n) is 5.22. The zero-order valence-electron chi connectivity index (χ0n) is 12.4. The molecule has 0 fully saturated rings. The lowest BCUT2D eigenvalue weighted by Crippen LogP contribution is -1.90. The van der Waals surface area contributed by atoms with Gasteiger partial charge in [0.05, 0.1) is 7.11 Å². The van der Waals surface area contributed by atoms with E-state index in [9.17, 15) is 0 Å². The van der Waals surface area contributed by atoms with Crippen LogP contribution in [0.5, 0.6) is 5.75 Å². The van der Waals surface area contributed by atoms with E-state index in [0.717, 1.165) is 18.6 Å². The SMILES string of the molecule is CCc1ccc2c(c1)cc(OC)c1cc(CC)ccc12. The minimum Gasteiger partial charge on any atom is -0.496 e. The Morgan fingerprint density at radius 1 is 0.750 bits per heavy atom. The molecule has 0 N–H and O–H groups in total. The van der Waals surface area contributed by atoms with Crippen LogP contribution in [0.4, 0.5) is 0 Å². The second-order valence-corrected chi connectivity index (χ2v) is 5.22. The molecule has 0 saturated carbocycles. The molecule has 0 amide bonds. The van der Waals surface area contributed by atoms with Gasteiger partial charge in [0.15, 0.2) is 0 Å². The van der Waals surface area contributed by atoms with E-state index in [1.54, 1.807) is 7.11 Å². The average molecular weight is 264 g/mol. The predicted molar refractivity (Wildman–Crippen MR) is 86.8 cm³/mol. The van der Waals surface area contributed by atoms with E-state index < -0.39 is 0 Å². The molecule has 3 rings (SSSR count). The van der Waals surface area contributed by atoms with Crippen LogP contribution >= 0.6 is 0 Å². The first-order valence-corrected chi connectivity index (χ1v) is 7.29. The first kappa shape index (κ1) is 13.0. The Morgan fingerprint density at radius 3 is 2.05 bits per heavy atom. The van der Waals surface area contributed by atoms with Gasteiger partial charge in [-0.1, -0.05) is 44.2 Å². The Labute approximate surface area is 120 Å². The summed E-state index contributed by atoms with van der Waals surface area (Å²) >= 11 is 0. The monoisotopic (exact) mass is 264 g/mol. The summed E-state index contributed by atoms with van der Waals surface area (Å²) in [6.07, 6.45) is 2.11. The van der Waals surface area contributed by atoms with Crippen LogP contribution in [0.2, 0.25) is 0 Å². The molecule has 3 aromatic carbocycles. The van der Waals surface area contributed by atoms with Crippen LogP contribution in [-0.2, 0) is 12.8 Å². The average Bonchev–Trinajstić information content (AvgIpc) is 2.52. The van der Waals surface area contributed by atoms with Crippen molar-refractivity contribution in [1.82, 2.24) is 0 Å². The number of benzene rings is 3. The second kappa shape index (κ2) is 5.16. The summed E-state index contributed by atoms with van der Waals surface area (Å²) in [4.78, 5) is 0. The molecule has 20 heavy (non-hydrogen) atoms. The van der Waals surface area contributed by atoms with E-state index in [2.05, 4.69) is 56.3 Å². The van der Waals surface area contributed by atoms with Crippen LogP contribution in [0.3, 0.4) is 0 Å². The van der Waals surface area contributed by atoms with Gasteiger partial charge in [-0.15, -0.1) is 0 Å². The molecular formula is C19H20O. The van der Waals surface area contributed by atoms with Crippen LogP contribution in [-0.4, -0.2) is 7.11 Å². The number of fused-ring (bicyclic) bond motifs is 3. The van der Waals surface area contributed by atoms with Crippen molar-refractivity contribution in [3.8, 4) is 5.75 Å². The number of hydrogen-bond donors (Lipinski definition) is 0. The molecule has 0 unspecified atom stereocenters. The third-order valence-corrected chi connectivity index (χ3v) is 4.08. The number of ether oxygens (including phenoxy) is 1. The van der Waals surface area contributed by atoms with Gasteiger partial charge in [0.1, 0.15) is 5.75 Å². The zero-order chi connectivity index (χ0) is 14.1. The fraction of sp³-hybridized carbons (Fsp3) is 0.263. The van der Waals surface area contributed by atoms with Gasteiger partial charge in [-0.3, -0.25) is 0 Å². The Hall–Kier alpha value is -2.02. The lowest BCUT2D eigenvalue weighted by Gasteiger charge is -2.11. The van der Waals surface area contributed by atoms with Gasteiger partial charge in [-0.2, -0.15) is 0 Å². The summed E-state index contributed by atoms with van der Waals surface area (Å²) in [6, 6.07) is 15.6.